The molecule has 2 fully saturated rings. The first-order chi connectivity index (χ1) is 22.4. The molecular formula is C29H32ClN7O10. The van der Waals surface area contributed by atoms with Gasteiger partial charge in [0.1, 0.15) is 12.2 Å². The average Bonchev–Trinajstić information content (AvgIpc) is 3.58. The van der Waals surface area contributed by atoms with Gasteiger partial charge in [0.05, 0.1) is 19.5 Å². The van der Waals surface area contributed by atoms with Crippen LogP contribution in [0.5, 0.6) is 0 Å². The number of carboxylic acids is 2. The van der Waals surface area contributed by atoms with E-state index in [1.54, 1.807) is 19.2 Å². The number of benzene rings is 1. The first kappa shape index (κ1) is 33.8. The highest BCUT2D eigenvalue weighted by Gasteiger charge is 2.58. The number of fused-ring (bicyclic) bond motifs is 1. The molecule has 47 heavy (non-hydrogen) atoms. The summed E-state index contributed by atoms with van der Waals surface area (Å²) in [6.45, 7) is 0.0617. The first-order valence-electron chi connectivity index (χ1n) is 14.4. The summed E-state index contributed by atoms with van der Waals surface area (Å²) < 4.78 is 12.6. The molecule has 250 valence electrons. The number of hydrogen-bond acceptors (Lipinski definition) is 12. The standard InChI is InChI=1S/C29H32ClN7O10/c1-3-28(45)18(47-23(20(28)39)37-15-32-19-21(31-2)33-26(30)34-22(19)37)14-46-29(24(40)41,25(42)43)13-16-5-7-17(8-6-16)36-10-4-9-35(11-12-38)27(36)44/h1,5-8,15,18,20,23,38-39,45H,4,9-14H2,2H3,(H,40,41)(H,42,43)(H,31,33,34)/t18-,20+,23?,28-/m1/s1. The lowest BCUT2D eigenvalue weighted by atomic mass is 9.91. The lowest BCUT2D eigenvalue weighted by Gasteiger charge is -2.35. The monoisotopic (exact) mass is 673 g/mol. The Bertz CT molecular complexity index is 1700. The molecule has 4 heterocycles. The second-order valence-corrected chi connectivity index (χ2v) is 11.3. The van der Waals surface area contributed by atoms with Crippen molar-refractivity contribution in [3.8, 4) is 12.3 Å². The molecule has 3 aromatic rings. The van der Waals surface area contributed by atoms with Crippen molar-refractivity contribution in [1.82, 2.24) is 24.4 Å². The lowest BCUT2D eigenvalue weighted by Crippen LogP contribution is -2.55. The van der Waals surface area contributed by atoms with Crippen molar-refractivity contribution in [2.75, 3.05) is 50.1 Å². The maximum absolute atomic E-state index is 12.8. The summed E-state index contributed by atoms with van der Waals surface area (Å²) in [5.74, 6) is -1.35. The maximum atomic E-state index is 12.8. The zero-order valence-corrected chi connectivity index (χ0v) is 25.7. The number of halogens is 1. The van der Waals surface area contributed by atoms with Crippen molar-refractivity contribution >= 4 is 52.2 Å². The molecule has 4 atom stereocenters. The Kier molecular flexibility index (Phi) is 9.54. The number of aliphatic hydroxyl groups excluding tert-OH is 2. The number of nitrogens with one attached hydrogen (secondary N) is 1. The second kappa shape index (κ2) is 13.3. The van der Waals surface area contributed by atoms with Gasteiger partial charge in [0.15, 0.2) is 28.8 Å². The van der Waals surface area contributed by atoms with Gasteiger partial charge in [-0.3, -0.25) is 9.47 Å². The van der Waals surface area contributed by atoms with Gasteiger partial charge in [-0.1, -0.05) is 18.1 Å². The Morgan fingerprint density at radius 1 is 1.23 bits per heavy atom. The van der Waals surface area contributed by atoms with Gasteiger partial charge in [0.25, 0.3) is 5.60 Å². The number of nitrogens with zero attached hydrogens (tertiary/aromatic N) is 6. The van der Waals surface area contributed by atoms with Crippen molar-refractivity contribution in [3.05, 3.63) is 41.4 Å². The third-order valence-corrected chi connectivity index (χ3v) is 8.38. The van der Waals surface area contributed by atoms with Gasteiger partial charge in [-0.2, -0.15) is 9.97 Å². The number of ether oxygens (including phenoxy) is 2. The molecule has 18 heteroatoms. The van der Waals surface area contributed by atoms with Crippen LogP contribution in [0.15, 0.2) is 30.6 Å². The quantitative estimate of drug-likeness (QED) is 0.0840. The van der Waals surface area contributed by atoms with Gasteiger partial charge in [0.2, 0.25) is 5.28 Å². The minimum Gasteiger partial charge on any atom is -0.479 e. The molecule has 17 nitrogen and oxygen atoms in total. The highest BCUT2D eigenvalue weighted by Crippen LogP contribution is 2.39. The molecule has 2 amide bonds. The number of carbonyl (C=O) groups excluding carboxylic acids is 1. The van der Waals surface area contributed by atoms with Crippen LogP contribution >= 0.6 is 11.6 Å². The number of imidazole rings is 1. The fourth-order valence-corrected chi connectivity index (χ4v) is 5.80. The normalized spacial score (nSPS) is 23.2. The van der Waals surface area contributed by atoms with Crippen molar-refractivity contribution in [3.63, 3.8) is 0 Å². The number of aliphatic hydroxyl groups is 3. The van der Waals surface area contributed by atoms with Crippen LogP contribution in [-0.2, 0) is 25.5 Å². The zero-order valence-electron chi connectivity index (χ0n) is 25.0. The third-order valence-electron chi connectivity index (χ3n) is 8.21. The van der Waals surface area contributed by atoms with E-state index in [9.17, 15) is 39.9 Å². The van der Waals surface area contributed by atoms with E-state index in [0.29, 0.717) is 25.2 Å². The molecule has 0 saturated carbocycles. The van der Waals surface area contributed by atoms with E-state index in [4.69, 9.17) is 27.5 Å². The number of anilines is 2. The SMILES string of the molecule is C#C[C@@]1(O)[C@@H](COC(Cc2ccc(N3CCCN(CCO)C3=O)cc2)(C(=O)O)C(=O)O)OC(n2cnc3c(NC)nc(Cl)nc32)[C@@H]1O. The van der Waals surface area contributed by atoms with Gasteiger partial charge in [-0.05, 0) is 35.7 Å². The van der Waals surface area contributed by atoms with E-state index in [2.05, 4.69) is 26.2 Å². The first-order valence-corrected chi connectivity index (χ1v) is 14.8. The van der Waals surface area contributed by atoms with Crippen molar-refractivity contribution in [1.29, 1.82) is 0 Å². The summed E-state index contributed by atoms with van der Waals surface area (Å²) in [5.41, 5.74) is -4.22. The van der Waals surface area contributed by atoms with Crippen molar-refractivity contribution in [2.45, 2.75) is 42.5 Å². The fourth-order valence-electron chi connectivity index (χ4n) is 5.63. The molecule has 1 aromatic carbocycles. The lowest BCUT2D eigenvalue weighted by molar-refractivity contribution is -0.191. The summed E-state index contributed by atoms with van der Waals surface area (Å²) in [4.78, 5) is 53.2. The average molecular weight is 674 g/mol. The van der Waals surface area contributed by atoms with Gasteiger partial charge >= 0.3 is 18.0 Å². The predicted molar refractivity (Wildman–Crippen MR) is 164 cm³/mol. The third kappa shape index (κ3) is 6.02. The van der Waals surface area contributed by atoms with Crippen LogP contribution in [0.4, 0.5) is 16.3 Å². The molecule has 5 rings (SSSR count). The highest BCUT2D eigenvalue weighted by atomic mass is 35.5. The topological polar surface area (TPSA) is 233 Å². The van der Waals surface area contributed by atoms with Crippen LogP contribution in [0.1, 0.15) is 18.2 Å². The number of hydrogen-bond donors (Lipinski definition) is 6. The van der Waals surface area contributed by atoms with Crippen LogP contribution in [0, 0.1) is 12.3 Å². The number of amides is 2. The van der Waals surface area contributed by atoms with E-state index < -0.39 is 54.6 Å². The number of carboxylic acid groups (broad SMARTS) is 2. The number of urea groups is 1. The Morgan fingerprint density at radius 2 is 1.94 bits per heavy atom. The van der Waals surface area contributed by atoms with Gasteiger partial charge in [-0.25, -0.2) is 19.4 Å². The fraction of sp³-hybridized carbons (Fsp3) is 0.448. The van der Waals surface area contributed by atoms with Crippen molar-refractivity contribution < 1.29 is 49.4 Å². The molecule has 0 radical (unpaired) electrons. The van der Waals surface area contributed by atoms with Crippen LogP contribution < -0.4 is 10.2 Å². The summed E-state index contributed by atoms with van der Waals surface area (Å²) in [6.07, 6.45) is 1.97. The predicted octanol–water partition coefficient (Wildman–Crippen LogP) is -0.0643. The Hall–Kier alpha value is -4.57. The summed E-state index contributed by atoms with van der Waals surface area (Å²) in [5, 5.41) is 54.5. The van der Waals surface area contributed by atoms with Crippen LogP contribution in [0.2, 0.25) is 5.28 Å². The number of terminal acetylenes is 1. The van der Waals surface area contributed by atoms with Gasteiger partial charge in [0, 0.05) is 38.8 Å². The molecular weight excluding hydrogens is 642 g/mol. The van der Waals surface area contributed by atoms with Crippen LogP contribution in [-0.4, -0.2) is 131 Å². The zero-order chi connectivity index (χ0) is 34.1. The number of aliphatic carboxylic acids is 2. The number of aromatic nitrogens is 4. The molecule has 2 aliphatic rings. The molecule has 2 saturated heterocycles. The van der Waals surface area contributed by atoms with Crippen molar-refractivity contribution in [2.24, 2.45) is 0 Å². The maximum Gasteiger partial charge on any atom is 0.348 e. The van der Waals surface area contributed by atoms with Crippen LogP contribution in [0.3, 0.4) is 0 Å². The minimum absolute atomic E-state index is 0.112. The molecule has 2 aromatic heterocycles. The molecule has 1 unspecified atom stereocenters. The van der Waals surface area contributed by atoms with E-state index in [1.165, 1.54) is 32.8 Å². The highest BCUT2D eigenvalue weighted by molar-refractivity contribution is 6.28. The second-order valence-electron chi connectivity index (χ2n) is 10.9. The molecule has 0 aliphatic carbocycles. The Labute approximate surface area is 272 Å². The Morgan fingerprint density at radius 3 is 2.55 bits per heavy atom. The smallest absolute Gasteiger partial charge is 0.348 e. The van der Waals surface area contributed by atoms with Crippen LogP contribution in [0.25, 0.3) is 11.2 Å². The minimum atomic E-state index is -2.87. The summed E-state index contributed by atoms with van der Waals surface area (Å²) in [6, 6.07) is 5.74. The number of β-amino-alcohol motifs (C(OH)–C–C–N with tert-alkyl or cyclic N) is 1. The number of rotatable bonds is 12. The number of carbonyl (C=O) groups is 3. The van der Waals surface area contributed by atoms with Gasteiger partial charge < -0.3 is 45.2 Å². The summed E-state index contributed by atoms with van der Waals surface area (Å²) >= 11 is 6.04. The van der Waals surface area contributed by atoms with E-state index in [0.717, 1.165) is 0 Å². The summed E-state index contributed by atoms with van der Waals surface area (Å²) in [7, 11) is 1.58. The molecule has 6 N–H and O–H groups in total. The molecule has 0 bridgehead atoms. The van der Waals surface area contributed by atoms with E-state index in [1.807, 2.05) is 0 Å². The largest absolute Gasteiger partial charge is 0.479 e. The Balaban J connectivity index is 1.37. The van der Waals surface area contributed by atoms with E-state index in [-0.39, 0.29) is 47.0 Å². The molecule has 2 aliphatic heterocycles. The van der Waals surface area contributed by atoms with E-state index >= 15 is 0 Å². The molecule has 0 spiro atoms. The van der Waals surface area contributed by atoms with Gasteiger partial charge in [-0.15, -0.1) is 6.42 Å².